The van der Waals surface area contributed by atoms with Crippen LogP contribution in [0.5, 0.6) is 0 Å². The van der Waals surface area contributed by atoms with Crippen molar-refractivity contribution < 1.29 is 9.59 Å². The van der Waals surface area contributed by atoms with Gasteiger partial charge in [0.15, 0.2) is 5.78 Å². The van der Waals surface area contributed by atoms with Gasteiger partial charge in [-0.05, 0) is 26.3 Å². The van der Waals surface area contributed by atoms with E-state index in [4.69, 9.17) is 0 Å². The largest absolute Gasteiger partial charge is 0.299 e. The molecule has 0 aliphatic rings. The normalized spacial score (nSPS) is 12.2. The highest BCUT2D eigenvalue weighted by Gasteiger charge is 2.18. The lowest BCUT2D eigenvalue weighted by atomic mass is 9.96. The molecule has 0 spiro atoms. The van der Waals surface area contributed by atoms with Gasteiger partial charge in [0.1, 0.15) is 5.78 Å². The van der Waals surface area contributed by atoms with Crippen molar-refractivity contribution in [2.75, 3.05) is 0 Å². The van der Waals surface area contributed by atoms with Crippen LogP contribution in [-0.4, -0.2) is 11.6 Å². The molecule has 0 aliphatic heterocycles. The quantitative estimate of drug-likeness (QED) is 0.540. The molecule has 0 heterocycles. The molecular formula is C12H13O2. The Kier molecular flexibility index (Phi) is 3.18. The van der Waals surface area contributed by atoms with Crippen molar-refractivity contribution in [2.24, 2.45) is 5.92 Å². The number of carbonyl (C=O) groups is 2. The average Bonchev–Trinajstić information content (AvgIpc) is 2.16. The van der Waals surface area contributed by atoms with Crippen molar-refractivity contribution in [2.45, 2.75) is 13.8 Å². The first-order valence-corrected chi connectivity index (χ1v) is 4.49. The van der Waals surface area contributed by atoms with E-state index < -0.39 is 5.92 Å². The zero-order chi connectivity index (χ0) is 10.7. The molecule has 0 aromatic heterocycles. The number of hydrogen-bond acceptors (Lipinski definition) is 2. The molecule has 0 N–H and O–H groups in total. The number of hydrogen-bond donors (Lipinski definition) is 0. The monoisotopic (exact) mass is 189 g/mol. The topological polar surface area (TPSA) is 34.1 Å². The van der Waals surface area contributed by atoms with Gasteiger partial charge in [-0.2, -0.15) is 0 Å². The summed E-state index contributed by atoms with van der Waals surface area (Å²) < 4.78 is 0. The van der Waals surface area contributed by atoms with Crippen molar-refractivity contribution >= 4 is 11.6 Å². The Labute approximate surface area is 83.9 Å². The smallest absolute Gasteiger partial charge is 0.173 e. The first kappa shape index (κ1) is 10.6. The van der Waals surface area contributed by atoms with E-state index in [-0.39, 0.29) is 11.6 Å². The Morgan fingerprint density at radius 3 is 2.14 bits per heavy atom. The minimum Gasteiger partial charge on any atom is -0.299 e. The fourth-order valence-corrected chi connectivity index (χ4v) is 1.10. The third kappa shape index (κ3) is 2.28. The second-order valence-electron chi connectivity index (χ2n) is 3.39. The van der Waals surface area contributed by atoms with E-state index in [9.17, 15) is 9.59 Å². The minimum absolute atomic E-state index is 0.103. The lowest BCUT2D eigenvalue weighted by molar-refractivity contribution is -0.118. The highest BCUT2D eigenvalue weighted by molar-refractivity contribution is 6.09. The van der Waals surface area contributed by atoms with Gasteiger partial charge in [0.05, 0.1) is 5.92 Å². The van der Waals surface area contributed by atoms with Gasteiger partial charge in [0.25, 0.3) is 0 Å². The molecule has 14 heavy (non-hydrogen) atoms. The Hall–Kier alpha value is -1.44. The summed E-state index contributed by atoms with van der Waals surface area (Å²) in [6, 6.07) is 6.92. The average molecular weight is 189 g/mol. The second-order valence-corrected chi connectivity index (χ2v) is 3.39. The standard InChI is InChI=1S/C12H13O2/c1-8-4-6-11(7-5-8)12(14)9(2)10(3)13/h4-7,9H,1H2,2-3H3. The van der Waals surface area contributed by atoms with E-state index >= 15 is 0 Å². The maximum atomic E-state index is 11.7. The molecular weight excluding hydrogens is 176 g/mol. The molecule has 0 saturated carbocycles. The summed E-state index contributed by atoms with van der Waals surface area (Å²) in [4.78, 5) is 22.6. The van der Waals surface area contributed by atoms with Crippen LogP contribution in [0.2, 0.25) is 0 Å². The van der Waals surface area contributed by atoms with Crippen molar-refractivity contribution in [3.05, 3.63) is 42.3 Å². The third-order valence-electron chi connectivity index (χ3n) is 2.24. The van der Waals surface area contributed by atoms with Crippen LogP contribution >= 0.6 is 0 Å². The maximum absolute atomic E-state index is 11.7. The van der Waals surface area contributed by atoms with E-state index in [2.05, 4.69) is 6.92 Å². The Bertz CT molecular complexity index is 349. The van der Waals surface area contributed by atoms with Crippen molar-refractivity contribution in [1.29, 1.82) is 0 Å². The molecule has 0 bridgehead atoms. The minimum atomic E-state index is -0.550. The van der Waals surface area contributed by atoms with Gasteiger partial charge in [-0.25, -0.2) is 0 Å². The van der Waals surface area contributed by atoms with Crippen molar-refractivity contribution in [3.8, 4) is 0 Å². The van der Waals surface area contributed by atoms with Gasteiger partial charge >= 0.3 is 0 Å². The number of carbonyl (C=O) groups excluding carboxylic acids is 2. The molecule has 2 nitrogen and oxygen atoms in total. The lowest BCUT2D eigenvalue weighted by Crippen LogP contribution is -2.18. The summed E-state index contributed by atoms with van der Waals surface area (Å²) in [5.74, 6) is -0.781. The molecule has 0 saturated heterocycles. The third-order valence-corrected chi connectivity index (χ3v) is 2.24. The second kappa shape index (κ2) is 4.18. The Morgan fingerprint density at radius 2 is 1.71 bits per heavy atom. The Morgan fingerprint density at radius 1 is 1.21 bits per heavy atom. The molecule has 1 atom stereocenters. The number of Topliss-reactive ketones (excluding diaryl/α,β-unsaturated/α-hetero) is 2. The van der Waals surface area contributed by atoms with E-state index in [1.54, 1.807) is 31.2 Å². The van der Waals surface area contributed by atoms with E-state index in [1.165, 1.54) is 6.92 Å². The van der Waals surface area contributed by atoms with Gasteiger partial charge in [-0.1, -0.05) is 24.3 Å². The number of ketones is 2. The molecule has 1 aromatic rings. The molecule has 73 valence electrons. The van der Waals surface area contributed by atoms with Crippen LogP contribution in [0.3, 0.4) is 0 Å². The summed E-state index contributed by atoms with van der Waals surface area (Å²) >= 11 is 0. The maximum Gasteiger partial charge on any atom is 0.173 e. The van der Waals surface area contributed by atoms with E-state index in [0.29, 0.717) is 5.56 Å². The van der Waals surface area contributed by atoms with Crippen LogP contribution < -0.4 is 0 Å². The molecule has 1 rings (SSSR count). The van der Waals surface area contributed by atoms with Crippen LogP contribution in [-0.2, 0) is 4.79 Å². The molecule has 0 amide bonds. The summed E-state index contributed by atoms with van der Waals surface area (Å²) in [6.45, 7) is 6.78. The zero-order valence-electron chi connectivity index (χ0n) is 8.41. The van der Waals surface area contributed by atoms with Crippen molar-refractivity contribution in [3.63, 3.8) is 0 Å². The van der Waals surface area contributed by atoms with Gasteiger partial charge < -0.3 is 0 Å². The molecule has 1 radical (unpaired) electrons. The van der Waals surface area contributed by atoms with Crippen LogP contribution in [0, 0.1) is 12.8 Å². The van der Waals surface area contributed by atoms with Gasteiger partial charge in [0, 0.05) is 5.56 Å². The number of rotatable bonds is 3. The summed E-state index contributed by atoms with van der Waals surface area (Å²) in [5.41, 5.74) is 1.43. The Balaban J connectivity index is 2.90. The molecule has 1 unspecified atom stereocenters. The first-order chi connectivity index (χ1) is 6.52. The van der Waals surface area contributed by atoms with Gasteiger partial charge in [0.2, 0.25) is 0 Å². The van der Waals surface area contributed by atoms with Crippen LogP contribution in [0.25, 0.3) is 0 Å². The molecule has 0 aliphatic carbocycles. The van der Waals surface area contributed by atoms with Crippen molar-refractivity contribution in [1.82, 2.24) is 0 Å². The summed E-state index contributed by atoms with van der Waals surface area (Å²) in [6.07, 6.45) is 0. The fourth-order valence-electron chi connectivity index (χ4n) is 1.10. The zero-order valence-corrected chi connectivity index (χ0v) is 8.41. The molecule has 2 heteroatoms. The summed E-state index contributed by atoms with van der Waals surface area (Å²) in [7, 11) is 0. The SMILES string of the molecule is [CH2]c1ccc(C(=O)C(C)C(C)=O)cc1. The lowest BCUT2D eigenvalue weighted by Gasteiger charge is -2.06. The van der Waals surface area contributed by atoms with E-state index in [0.717, 1.165) is 5.56 Å². The summed E-state index contributed by atoms with van der Waals surface area (Å²) in [5, 5.41) is 0. The predicted octanol–water partition coefficient (Wildman–Crippen LogP) is 2.28. The van der Waals surface area contributed by atoms with Crippen LogP contribution in [0.15, 0.2) is 24.3 Å². The molecule has 1 aromatic carbocycles. The van der Waals surface area contributed by atoms with Gasteiger partial charge in [-0.15, -0.1) is 0 Å². The first-order valence-electron chi connectivity index (χ1n) is 4.49. The number of benzene rings is 1. The van der Waals surface area contributed by atoms with Crippen LogP contribution in [0.1, 0.15) is 29.8 Å². The van der Waals surface area contributed by atoms with Gasteiger partial charge in [-0.3, -0.25) is 9.59 Å². The fraction of sp³-hybridized carbons (Fsp3) is 0.250. The molecule has 0 fully saturated rings. The highest BCUT2D eigenvalue weighted by Crippen LogP contribution is 2.10. The predicted molar refractivity (Wildman–Crippen MR) is 55.1 cm³/mol. The van der Waals surface area contributed by atoms with E-state index in [1.807, 2.05) is 0 Å². The van der Waals surface area contributed by atoms with Crippen LogP contribution in [0.4, 0.5) is 0 Å². The highest BCUT2D eigenvalue weighted by atomic mass is 16.1.